The van der Waals surface area contributed by atoms with Crippen LogP contribution in [0.2, 0.25) is 5.31 Å². The normalized spacial score (nSPS) is 31.2. The van der Waals surface area contributed by atoms with Gasteiger partial charge in [0.05, 0.1) is 17.9 Å². The molecule has 5 heterocycles. The molecule has 0 amide bonds. The van der Waals surface area contributed by atoms with Crippen LogP contribution in [0, 0.1) is 0 Å². The van der Waals surface area contributed by atoms with Gasteiger partial charge in [0.15, 0.2) is 5.54 Å². The lowest BCUT2D eigenvalue weighted by atomic mass is 9.51. The topological polar surface area (TPSA) is 40.3 Å². The van der Waals surface area contributed by atoms with Gasteiger partial charge >= 0.3 is 15.4 Å². The molecule has 1 aliphatic carbocycles. The minimum atomic E-state index is -0.292. The summed E-state index contributed by atoms with van der Waals surface area (Å²) in [4.78, 5) is 9.56. The van der Waals surface area contributed by atoms with E-state index in [1.807, 2.05) is 12.3 Å². The Bertz CT molecular complexity index is 1130. The van der Waals surface area contributed by atoms with E-state index in [1.54, 1.807) is 0 Å². The maximum Gasteiger partial charge on any atom is 0.518 e. The van der Waals surface area contributed by atoms with Crippen LogP contribution in [0.5, 0.6) is 0 Å². The van der Waals surface area contributed by atoms with Gasteiger partial charge in [0.1, 0.15) is 11.5 Å². The maximum atomic E-state index is 13.0. The van der Waals surface area contributed by atoms with Crippen molar-refractivity contribution < 1.29 is 9.13 Å². The Morgan fingerprint density at radius 2 is 2.00 bits per heavy atom. The molecule has 1 spiro atoms. The fourth-order valence-electron chi connectivity index (χ4n) is 7.41. The van der Waals surface area contributed by atoms with E-state index in [1.165, 1.54) is 29.9 Å². The van der Waals surface area contributed by atoms with Crippen LogP contribution in [-0.2, 0) is 22.9 Å². The molecule has 4 unspecified atom stereocenters. The number of unbranched alkanes of at least 4 members (excludes halogenated alkanes) is 1. The second-order valence-corrected chi connectivity index (χ2v) is 11.2. The number of pyridine rings is 2. The molecule has 2 aromatic heterocycles. The van der Waals surface area contributed by atoms with Gasteiger partial charge < -0.3 is 4.81 Å². The van der Waals surface area contributed by atoms with Crippen LogP contribution in [0.4, 0.5) is 11.6 Å². The van der Waals surface area contributed by atoms with Crippen LogP contribution >= 0.6 is 8.46 Å². The predicted octanol–water partition coefficient (Wildman–Crippen LogP) is 4.99. The zero-order valence-corrected chi connectivity index (χ0v) is 20.3. The molecule has 164 valence electrons. The maximum absolute atomic E-state index is 13.0. The zero-order chi connectivity index (χ0) is 22.1. The third-order valence-electron chi connectivity index (χ3n) is 8.95. The number of fused-ring (bicyclic) bond motifs is 3. The van der Waals surface area contributed by atoms with Gasteiger partial charge in [-0.1, -0.05) is 37.8 Å². The van der Waals surface area contributed by atoms with Crippen molar-refractivity contribution in [3.63, 3.8) is 0 Å². The molecule has 3 aliphatic heterocycles. The van der Waals surface area contributed by atoms with Crippen molar-refractivity contribution in [3.05, 3.63) is 60.2 Å². The van der Waals surface area contributed by atoms with Gasteiger partial charge in [0, 0.05) is 24.9 Å². The number of hydrogen-bond acceptors (Lipinski definition) is 4. The Labute approximate surface area is 192 Å². The molecule has 6 rings (SSSR count). The Balaban J connectivity index is 1.58. The fraction of sp³-hybridized carbons (Fsp3) is 0.520. The third kappa shape index (κ3) is 2.22. The van der Waals surface area contributed by atoms with Gasteiger partial charge in [0.2, 0.25) is 5.16 Å². The number of aromatic nitrogens is 2. The highest BCUT2D eigenvalue weighted by atomic mass is 31.1. The first-order valence-corrected chi connectivity index (χ1v) is 13.2. The fourth-order valence-corrected chi connectivity index (χ4v) is 8.43. The first-order valence-electron chi connectivity index (χ1n) is 12.2. The largest absolute Gasteiger partial charge is 0.518 e. The van der Waals surface area contributed by atoms with E-state index < -0.39 is 0 Å². The summed E-state index contributed by atoms with van der Waals surface area (Å²) in [6.45, 7) is 7.01. The van der Waals surface area contributed by atoms with Crippen LogP contribution in [0.15, 0.2) is 48.9 Å². The summed E-state index contributed by atoms with van der Waals surface area (Å²) in [6.07, 6.45) is 13.9. The van der Waals surface area contributed by atoms with Crippen molar-refractivity contribution in [1.29, 1.82) is 0 Å². The van der Waals surface area contributed by atoms with E-state index in [9.17, 15) is 4.57 Å². The van der Waals surface area contributed by atoms with Crippen LogP contribution in [0.3, 0.4) is 0 Å². The molecule has 5 nitrogen and oxygen atoms in total. The van der Waals surface area contributed by atoms with Crippen LogP contribution < -0.4 is 14.2 Å². The van der Waals surface area contributed by atoms with Gasteiger partial charge in [-0.15, -0.1) is 0 Å². The highest BCUT2D eigenvalue weighted by molar-refractivity contribution is 7.26. The molecular weight excluding hydrogens is 414 g/mol. The molecular formula is C25H32BN4OP+2. The standard InChI is InChI=1S/C25H31BN4OP/c1-4-7-10-19-15-20-17-24(6-3,32-31)25-18-23(25,5-2)26-28(21-11-8-9-12-27-21)13-14-29(26)22(16-19)30(20)25/h8-9,11-16H,4-7,10,17-18H2,1-3H3/q+1/p+1. The number of aryl methyl sites for hydroxylation is 1. The Morgan fingerprint density at radius 3 is 2.69 bits per heavy atom. The summed E-state index contributed by atoms with van der Waals surface area (Å²) in [5, 5.41) is -0.131. The first-order chi connectivity index (χ1) is 15.6. The second-order valence-electron chi connectivity index (χ2n) is 10.1. The van der Waals surface area contributed by atoms with Crippen molar-refractivity contribution in [3.8, 4) is 0 Å². The molecule has 32 heavy (non-hydrogen) atoms. The minimum Gasteiger partial charge on any atom is -0.331 e. The summed E-state index contributed by atoms with van der Waals surface area (Å²) in [5.41, 5.74) is 2.73. The summed E-state index contributed by atoms with van der Waals surface area (Å²) >= 11 is 0. The second kappa shape index (κ2) is 6.90. The van der Waals surface area contributed by atoms with E-state index in [0.29, 0.717) is 0 Å². The van der Waals surface area contributed by atoms with E-state index in [2.05, 4.69) is 71.6 Å². The van der Waals surface area contributed by atoms with Gasteiger partial charge in [-0.2, -0.15) is 0 Å². The molecule has 0 bridgehead atoms. The molecule has 1 saturated carbocycles. The molecule has 4 aliphatic rings. The smallest absolute Gasteiger partial charge is 0.331 e. The molecule has 7 heteroatoms. The molecule has 0 radical (unpaired) electrons. The molecule has 1 fully saturated rings. The zero-order valence-electron chi connectivity index (χ0n) is 19.3. The summed E-state index contributed by atoms with van der Waals surface area (Å²) in [7, 11) is -0.292. The predicted molar refractivity (Wildman–Crippen MR) is 131 cm³/mol. The summed E-state index contributed by atoms with van der Waals surface area (Å²) in [6, 6.07) is 11.0. The number of anilines is 2. The van der Waals surface area contributed by atoms with E-state index >= 15 is 0 Å². The quantitative estimate of drug-likeness (QED) is 0.342. The third-order valence-corrected chi connectivity index (χ3v) is 10.3. The number of rotatable bonds is 7. The van der Waals surface area contributed by atoms with Crippen molar-refractivity contribution in [2.45, 2.75) is 81.7 Å². The molecule has 0 N–H and O–H groups in total. The van der Waals surface area contributed by atoms with E-state index in [4.69, 9.17) is 4.98 Å². The van der Waals surface area contributed by atoms with Crippen molar-refractivity contribution in [2.75, 3.05) is 9.62 Å². The Hall–Kier alpha value is -2.20. The molecule has 2 aromatic rings. The SMILES string of the molecule is CCCCc1cc2[n+]3c(c1)N1C=CN(c4ccccn4)B1C1(CC)CC31C(CC)([PH+]=O)C2. The summed E-state index contributed by atoms with van der Waals surface area (Å²) < 4.78 is 15.6. The first kappa shape index (κ1) is 20.4. The summed E-state index contributed by atoms with van der Waals surface area (Å²) in [5.74, 6) is 2.27. The Morgan fingerprint density at radius 1 is 1.16 bits per heavy atom. The van der Waals surface area contributed by atoms with Crippen LogP contribution in [-0.4, -0.2) is 17.1 Å². The van der Waals surface area contributed by atoms with Gasteiger partial charge in [0.25, 0.3) is 5.82 Å². The van der Waals surface area contributed by atoms with Gasteiger partial charge in [-0.3, -0.25) is 4.81 Å². The Kier molecular flexibility index (Phi) is 4.40. The average Bonchev–Trinajstić information content (AvgIpc) is 3.19. The van der Waals surface area contributed by atoms with Crippen molar-refractivity contribution in [1.82, 2.24) is 4.98 Å². The minimum absolute atomic E-state index is 0.0509. The van der Waals surface area contributed by atoms with E-state index in [-0.39, 0.29) is 31.5 Å². The monoisotopic (exact) mass is 446 g/mol. The lowest BCUT2D eigenvalue weighted by molar-refractivity contribution is -0.727. The van der Waals surface area contributed by atoms with Gasteiger partial charge in [-0.05, 0) is 49.4 Å². The molecule has 4 atom stereocenters. The number of nitrogens with zero attached hydrogens (tertiary/aromatic N) is 4. The average molecular weight is 446 g/mol. The molecule has 0 aromatic carbocycles. The lowest BCUT2D eigenvalue weighted by Gasteiger charge is -2.38. The van der Waals surface area contributed by atoms with Gasteiger partial charge in [-0.25, -0.2) is 9.55 Å². The number of hydrogen-bond donors (Lipinski definition) is 0. The highest BCUT2D eigenvalue weighted by Gasteiger charge is 2.94. The van der Waals surface area contributed by atoms with Crippen molar-refractivity contribution >= 4 is 27.1 Å². The lowest BCUT2D eigenvalue weighted by Crippen LogP contribution is -2.67. The van der Waals surface area contributed by atoms with Crippen LogP contribution in [0.1, 0.15) is 64.1 Å². The van der Waals surface area contributed by atoms with Crippen LogP contribution in [0.25, 0.3) is 0 Å². The van der Waals surface area contributed by atoms with Crippen molar-refractivity contribution in [2.24, 2.45) is 0 Å². The van der Waals surface area contributed by atoms with E-state index in [0.717, 1.165) is 37.9 Å². The highest BCUT2D eigenvalue weighted by Crippen LogP contribution is 2.80. The molecule has 0 saturated heterocycles.